The molecule has 3 nitrogen and oxygen atoms in total. The van der Waals surface area contributed by atoms with Crippen LogP contribution in [-0.4, -0.2) is 10.7 Å². The van der Waals surface area contributed by atoms with Crippen molar-refractivity contribution in [2.24, 2.45) is 5.10 Å². The summed E-state index contributed by atoms with van der Waals surface area (Å²) < 4.78 is 6.37. The lowest BCUT2D eigenvalue weighted by Crippen LogP contribution is -2.33. The molecule has 0 saturated carbocycles. The minimum Gasteiger partial charge on any atom is -0.464 e. The minimum absolute atomic E-state index is 0.169. The van der Waals surface area contributed by atoms with Crippen LogP contribution in [0.3, 0.4) is 0 Å². The summed E-state index contributed by atoms with van der Waals surface area (Å²) in [5, 5.41) is 11.8. The molecule has 6 rings (SSSR count). The smallest absolute Gasteiger partial charge is 0.222 e. The summed E-state index contributed by atoms with van der Waals surface area (Å²) in [5.74, 6) is 0.970. The first kappa shape index (κ1) is 15.9. The van der Waals surface area contributed by atoms with Crippen LogP contribution >= 0.6 is 11.3 Å². The van der Waals surface area contributed by atoms with Crippen LogP contribution in [0, 0.1) is 0 Å². The molecule has 0 bridgehead atoms. The number of para-hydroxylation sites is 1. The van der Waals surface area contributed by atoms with Gasteiger partial charge >= 0.3 is 0 Å². The van der Waals surface area contributed by atoms with Crippen molar-refractivity contribution in [3.05, 3.63) is 100 Å². The number of rotatable bonds is 2. The Morgan fingerprint density at radius 1 is 0.893 bits per heavy atom. The zero-order chi connectivity index (χ0) is 18.5. The average Bonchev–Trinajstić information content (AvgIpc) is 3.43. The first-order valence-corrected chi connectivity index (χ1v) is 10.4. The molecule has 4 aromatic rings. The molecule has 3 heterocycles. The van der Waals surface area contributed by atoms with Crippen LogP contribution in [0.15, 0.2) is 89.3 Å². The molecule has 2 aliphatic rings. The fourth-order valence-electron chi connectivity index (χ4n) is 4.20. The van der Waals surface area contributed by atoms with Crippen molar-refractivity contribution in [2.75, 3.05) is 0 Å². The van der Waals surface area contributed by atoms with E-state index in [4.69, 9.17) is 9.84 Å². The summed E-state index contributed by atoms with van der Waals surface area (Å²) in [6.07, 6.45) is 0.721. The number of hydrogen-bond donors (Lipinski definition) is 0. The molecule has 0 amide bonds. The Morgan fingerprint density at radius 3 is 2.64 bits per heavy atom. The predicted octanol–water partition coefficient (Wildman–Crippen LogP) is 6.14. The molecule has 0 radical (unpaired) electrons. The molecule has 136 valence electrons. The number of benzene rings is 3. The van der Waals surface area contributed by atoms with Gasteiger partial charge in [0.15, 0.2) is 0 Å². The Kier molecular flexibility index (Phi) is 3.53. The number of hydrazone groups is 1. The fourth-order valence-corrected chi connectivity index (χ4v) is 4.94. The minimum atomic E-state index is -0.169. The van der Waals surface area contributed by atoms with Crippen molar-refractivity contribution < 1.29 is 4.74 Å². The zero-order valence-electron chi connectivity index (χ0n) is 15.2. The fraction of sp³-hybridized carbons (Fsp3) is 0.125. The highest BCUT2D eigenvalue weighted by molar-refractivity contribution is 7.10. The van der Waals surface area contributed by atoms with E-state index in [0.29, 0.717) is 0 Å². The Labute approximate surface area is 167 Å². The number of hydrogen-bond acceptors (Lipinski definition) is 4. The molecule has 28 heavy (non-hydrogen) atoms. The van der Waals surface area contributed by atoms with Gasteiger partial charge in [0.2, 0.25) is 6.23 Å². The van der Waals surface area contributed by atoms with Crippen LogP contribution in [0.4, 0.5) is 0 Å². The Bertz CT molecular complexity index is 1200. The number of nitrogens with zero attached hydrogens (tertiary/aromatic N) is 2. The van der Waals surface area contributed by atoms with Gasteiger partial charge in [0, 0.05) is 12.0 Å². The van der Waals surface area contributed by atoms with E-state index in [-0.39, 0.29) is 12.3 Å². The van der Waals surface area contributed by atoms with Gasteiger partial charge in [-0.1, -0.05) is 60.7 Å². The topological polar surface area (TPSA) is 24.8 Å². The van der Waals surface area contributed by atoms with E-state index < -0.39 is 0 Å². The summed E-state index contributed by atoms with van der Waals surface area (Å²) in [7, 11) is 0. The number of fused-ring (bicyclic) bond motifs is 4. The van der Waals surface area contributed by atoms with Crippen LogP contribution in [0.25, 0.3) is 10.8 Å². The van der Waals surface area contributed by atoms with Gasteiger partial charge in [-0.2, -0.15) is 5.10 Å². The van der Waals surface area contributed by atoms with E-state index in [2.05, 4.69) is 83.2 Å². The molecule has 0 saturated heterocycles. The molecule has 0 aliphatic carbocycles. The number of thiophene rings is 1. The molecule has 2 atom stereocenters. The van der Waals surface area contributed by atoms with Crippen molar-refractivity contribution in [3.8, 4) is 5.75 Å². The third-order valence-electron chi connectivity index (χ3n) is 5.57. The van der Waals surface area contributed by atoms with E-state index >= 15 is 0 Å². The molecule has 4 heteroatoms. The normalized spacial score (nSPS) is 20.4. The molecule has 0 N–H and O–H groups in total. The van der Waals surface area contributed by atoms with Crippen molar-refractivity contribution in [2.45, 2.75) is 18.7 Å². The lowest BCUT2D eigenvalue weighted by atomic mass is 9.95. The summed E-state index contributed by atoms with van der Waals surface area (Å²) in [6.45, 7) is 0. The van der Waals surface area contributed by atoms with Crippen molar-refractivity contribution in [1.29, 1.82) is 0 Å². The van der Waals surface area contributed by atoms with Gasteiger partial charge < -0.3 is 4.74 Å². The largest absolute Gasteiger partial charge is 0.464 e. The standard InChI is InChI=1S/C24H18N2OS/c1-2-7-17-14-18(12-11-16(17)6-1)20-15-21-19-8-3-4-9-22(19)27-24(26(21)25-20)23-10-5-13-28-23/h1-14,21,24H,15H2/t21-,24-/m1/s1. The van der Waals surface area contributed by atoms with E-state index in [1.807, 2.05) is 6.07 Å². The van der Waals surface area contributed by atoms with Gasteiger partial charge in [0.1, 0.15) is 5.75 Å². The molecular formula is C24H18N2OS. The van der Waals surface area contributed by atoms with E-state index in [0.717, 1.165) is 17.9 Å². The zero-order valence-corrected chi connectivity index (χ0v) is 16.0. The van der Waals surface area contributed by atoms with Gasteiger partial charge in [-0.3, -0.25) is 0 Å². The van der Waals surface area contributed by atoms with Crippen LogP contribution in [0.5, 0.6) is 5.75 Å². The van der Waals surface area contributed by atoms with Crippen LogP contribution in [0.2, 0.25) is 0 Å². The van der Waals surface area contributed by atoms with E-state index in [1.54, 1.807) is 11.3 Å². The van der Waals surface area contributed by atoms with Crippen molar-refractivity contribution >= 4 is 27.8 Å². The van der Waals surface area contributed by atoms with Gasteiger partial charge in [0.05, 0.1) is 16.6 Å². The van der Waals surface area contributed by atoms with Crippen molar-refractivity contribution in [3.63, 3.8) is 0 Å². The maximum Gasteiger partial charge on any atom is 0.222 e. The second kappa shape index (κ2) is 6.21. The Balaban J connectivity index is 1.45. The Hall–Kier alpha value is -3.11. The maximum absolute atomic E-state index is 6.37. The van der Waals surface area contributed by atoms with Crippen molar-refractivity contribution in [1.82, 2.24) is 5.01 Å². The molecule has 0 fully saturated rings. The third-order valence-corrected chi connectivity index (χ3v) is 6.47. The van der Waals surface area contributed by atoms with Crippen LogP contribution in [-0.2, 0) is 0 Å². The van der Waals surface area contributed by atoms with Gasteiger partial charge in [0.25, 0.3) is 0 Å². The average molecular weight is 382 g/mol. The lowest BCUT2D eigenvalue weighted by molar-refractivity contribution is -0.0165. The SMILES string of the molecule is c1csc([C@H]2Oc3ccccc3[C@H]3CC(c4ccc5ccccc5c4)=NN32)c1. The molecular weight excluding hydrogens is 364 g/mol. The van der Waals surface area contributed by atoms with Gasteiger partial charge in [-0.25, -0.2) is 5.01 Å². The molecule has 0 spiro atoms. The maximum atomic E-state index is 6.37. The van der Waals surface area contributed by atoms with Crippen LogP contribution < -0.4 is 4.74 Å². The van der Waals surface area contributed by atoms with Gasteiger partial charge in [-0.15, -0.1) is 11.3 Å². The molecule has 2 aliphatic heterocycles. The van der Waals surface area contributed by atoms with Gasteiger partial charge in [-0.05, 0) is 39.9 Å². The first-order chi connectivity index (χ1) is 13.9. The monoisotopic (exact) mass is 382 g/mol. The highest BCUT2D eigenvalue weighted by Gasteiger charge is 2.41. The first-order valence-electron chi connectivity index (χ1n) is 9.51. The predicted molar refractivity (Wildman–Crippen MR) is 114 cm³/mol. The highest BCUT2D eigenvalue weighted by Crippen LogP contribution is 2.48. The molecule has 3 aromatic carbocycles. The highest BCUT2D eigenvalue weighted by atomic mass is 32.1. The quantitative estimate of drug-likeness (QED) is 0.416. The lowest BCUT2D eigenvalue weighted by Gasteiger charge is -2.37. The number of ether oxygens (including phenoxy) is 1. The molecule has 1 aromatic heterocycles. The van der Waals surface area contributed by atoms with E-state index in [9.17, 15) is 0 Å². The third kappa shape index (κ3) is 2.45. The second-order valence-electron chi connectivity index (χ2n) is 7.23. The summed E-state index contributed by atoms with van der Waals surface area (Å²) in [5.41, 5.74) is 3.53. The van der Waals surface area contributed by atoms with Crippen LogP contribution in [0.1, 0.15) is 34.7 Å². The Morgan fingerprint density at radius 2 is 1.75 bits per heavy atom. The summed E-state index contributed by atoms with van der Waals surface area (Å²) in [6, 6.07) is 27.9. The second-order valence-corrected chi connectivity index (χ2v) is 8.21. The van der Waals surface area contributed by atoms with E-state index in [1.165, 1.54) is 26.8 Å². The summed E-state index contributed by atoms with van der Waals surface area (Å²) in [4.78, 5) is 1.18. The molecule has 0 unspecified atom stereocenters. The summed E-state index contributed by atoms with van der Waals surface area (Å²) >= 11 is 1.72.